The second-order valence-corrected chi connectivity index (χ2v) is 6.14. The van der Waals surface area contributed by atoms with E-state index in [-0.39, 0.29) is 0 Å². The van der Waals surface area contributed by atoms with Crippen LogP contribution in [-0.2, 0) is 11.3 Å². The molecule has 0 amide bonds. The Hall–Kier alpha value is -2.63. The molecule has 6 nitrogen and oxygen atoms in total. The van der Waals surface area contributed by atoms with E-state index in [4.69, 9.17) is 15.5 Å². The number of aromatic nitrogens is 3. The summed E-state index contributed by atoms with van der Waals surface area (Å²) in [5, 5.41) is 0. The zero-order valence-electron chi connectivity index (χ0n) is 14.8. The lowest BCUT2D eigenvalue weighted by Gasteiger charge is -2.07. The molecule has 0 fully saturated rings. The van der Waals surface area contributed by atoms with Gasteiger partial charge in [0.05, 0.1) is 17.6 Å². The SMILES string of the molecule is CCCCCn1c(N)c(C(=O)OCCC)c2nc3ccccc3nc21. The summed E-state index contributed by atoms with van der Waals surface area (Å²) in [6.07, 6.45) is 3.94. The molecule has 0 aliphatic rings. The van der Waals surface area contributed by atoms with E-state index in [2.05, 4.69) is 11.9 Å². The van der Waals surface area contributed by atoms with Crippen LogP contribution < -0.4 is 5.73 Å². The molecule has 3 aromatic rings. The molecule has 0 aliphatic carbocycles. The van der Waals surface area contributed by atoms with Crippen LogP contribution in [-0.4, -0.2) is 27.1 Å². The number of para-hydroxylation sites is 2. The summed E-state index contributed by atoms with van der Waals surface area (Å²) < 4.78 is 7.21. The van der Waals surface area contributed by atoms with Crippen LogP contribution in [0.4, 0.5) is 5.82 Å². The Morgan fingerprint density at radius 2 is 1.84 bits per heavy atom. The Bertz CT molecular complexity index is 901. The summed E-state index contributed by atoms with van der Waals surface area (Å²) in [4.78, 5) is 21.9. The first-order valence-electron chi connectivity index (χ1n) is 8.89. The van der Waals surface area contributed by atoms with Crippen molar-refractivity contribution in [3.05, 3.63) is 29.8 Å². The molecule has 25 heavy (non-hydrogen) atoms. The number of nitrogen functional groups attached to an aromatic ring is 1. The number of anilines is 1. The number of hydrogen-bond acceptors (Lipinski definition) is 5. The van der Waals surface area contributed by atoms with Crippen LogP contribution in [0, 0.1) is 0 Å². The number of esters is 1. The monoisotopic (exact) mass is 340 g/mol. The molecule has 0 radical (unpaired) electrons. The van der Waals surface area contributed by atoms with Crippen molar-refractivity contribution in [2.45, 2.75) is 46.1 Å². The van der Waals surface area contributed by atoms with Crippen molar-refractivity contribution in [2.24, 2.45) is 0 Å². The van der Waals surface area contributed by atoms with E-state index in [1.165, 1.54) is 0 Å². The van der Waals surface area contributed by atoms with Gasteiger partial charge in [-0.1, -0.05) is 38.8 Å². The van der Waals surface area contributed by atoms with Crippen LogP contribution in [0.25, 0.3) is 22.2 Å². The van der Waals surface area contributed by atoms with Gasteiger partial charge in [-0.25, -0.2) is 14.8 Å². The quantitative estimate of drug-likeness (QED) is 0.520. The number of benzene rings is 1. The van der Waals surface area contributed by atoms with Crippen LogP contribution in [0.5, 0.6) is 0 Å². The lowest BCUT2D eigenvalue weighted by atomic mass is 10.2. The minimum atomic E-state index is -0.428. The van der Waals surface area contributed by atoms with E-state index in [0.717, 1.165) is 36.7 Å². The Kier molecular flexibility index (Phi) is 5.16. The molecule has 6 heteroatoms. The first kappa shape index (κ1) is 17.2. The summed E-state index contributed by atoms with van der Waals surface area (Å²) in [6, 6.07) is 7.62. The third-order valence-corrected chi connectivity index (χ3v) is 4.22. The van der Waals surface area contributed by atoms with Gasteiger partial charge in [-0.2, -0.15) is 0 Å². The van der Waals surface area contributed by atoms with Gasteiger partial charge in [-0.15, -0.1) is 0 Å². The number of carbonyl (C=O) groups excluding carboxylic acids is 1. The lowest BCUT2D eigenvalue weighted by molar-refractivity contribution is 0.0508. The average molecular weight is 340 g/mol. The molecule has 0 atom stereocenters. The van der Waals surface area contributed by atoms with Crippen molar-refractivity contribution in [2.75, 3.05) is 12.3 Å². The fourth-order valence-corrected chi connectivity index (χ4v) is 2.93. The van der Waals surface area contributed by atoms with Crippen molar-refractivity contribution in [3.63, 3.8) is 0 Å². The smallest absolute Gasteiger partial charge is 0.344 e. The predicted octanol–water partition coefficient (Wildman–Crippen LogP) is 3.92. The van der Waals surface area contributed by atoms with E-state index in [1.807, 2.05) is 35.8 Å². The van der Waals surface area contributed by atoms with Gasteiger partial charge in [0.1, 0.15) is 16.9 Å². The van der Waals surface area contributed by atoms with Crippen molar-refractivity contribution >= 4 is 34.0 Å². The largest absolute Gasteiger partial charge is 0.462 e. The number of nitrogens with two attached hydrogens (primary N) is 1. The Balaban J connectivity index is 2.17. The van der Waals surface area contributed by atoms with E-state index in [0.29, 0.717) is 35.7 Å². The molecule has 2 aromatic heterocycles. The number of unbranched alkanes of at least 4 members (excludes halogenated alkanes) is 2. The molecule has 0 aliphatic heterocycles. The molecule has 0 bridgehead atoms. The van der Waals surface area contributed by atoms with Crippen molar-refractivity contribution in [3.8, 4) is 0 Å². The molecular weight excluding hydrogens is 316 g/mol. The predicted molar refractivity (Wildman–Crippen MR) is 99.5 cm³/mol. The Labute approximate surface area is 147 Å². The van der Waals surface area contributed by atoms with Gasteiger partial charge < -0.3 is 15.0 Å². The maximum atomic E-state index is 12.5. The third-order valence-electron chi connectivity index (χ3n) is 4.22. The fraction of sp³-hybridized carbons (Fsp3) is 0.421. The number of fused-ring (bicyclic) bond motifs is 2. The van der Waals surface area contributed by atoms with Gasteiger partial charge in [-0.3, -0.25) is 0 Å². The second kappa shape index (κ2) is 7.51. The third kappa shape index (κ3) is 3.29. The van der Waals surface area contributed by atoms with Crippen LogP contribution in [0.15, 0.2) is 24.3 Å². The highest BCUT2D eigenvalue weighted by molar-refractivity contribution is 6.08. The van der Waals surface area contributed by atoms with Gasteiger partial charge in [0.15, 0.2) is 5.65 Å². The summed E-state index contributed by atoms with van der Waals surface area (Å²) >= 11 is 0. The average Bonchev–Trinajstić information content (AvgIpc) is 2.89. The lowest BCUT2D eigenvalue weighted by Crippen LogP contribution is -2.10. The molecule has 132 valence electrons. The number of hydrogen-bond donors (Lipinski definition) is 1. The van der Waals surface area contributed by atoms with E-state index >= 15 is 0 Å². The molecule has 0 saturated carbocycles. The number of nitrogens with zero attached hydrogens (tertiary/aromatic N) is 3. The summed E-state index contributed by atoms with van der Waals surface area (Å²) in [6.45, 7) is 5.18. The van der Waals surface area contributed by atoms with Crippen molar-refractivity contribution in [1.29, 1.82) is 0 Å². The normalized spacial score (nSPS) is 11.3. The highest BCUT2D eigenvalue weighted by Crippen LogP contribution is 2.29. The zero-order valence-corrected chi connectivity index (χ0v) is 14.8. The zero-order chi connectivity index (χ0) is 17.8. The molecule has 3 rings (SSSR count). The van der Waals surface area contributed by atoms with Crippen LogP contribution in [0.3, 0.4) is 0 Å². The number of aryl methyl sites for hydroxylation is 1. The fourth-order valence-electron chi connectivity index (χ4n) is 2.93. The van der Waals surface area contributed by atoms with Crippen LogP contribution in [0.2, 0.25) is 0 Å². The molecule has 1 aromatic carbocycles. The molecule has 0 saturated heterocycles. The molecule has 2 heterocycles. The van der Waals surface area contributed by atoms with Crippen molar-refractivity contribution in [1.82, 2.24) is 14.5 Å². The molecule has 2 N–H and O–H groups in total. The summed E-state index contributed by atoms with van der Waals surface area (Å²) in [5.74, 6) is -0.0364. The van der Waals surface area contributed by atoms with Gasteiger partial charge in [0.25, 0.3) is 0 Å². The number of carbonyl (C=O) groups is 1. The topological polar surface area (TPSA) is 83.0 Å². The Morgan fingerprint density at radius 1 is 1.12 bits per heavy atom. The highest BCUT2D eigenvalue weighted by atomic mass is 16.5. The van der Waals surface area contributed by atoms with Gasteiger partial charge in [0.2, 0.25) is 0 Å². The maximum absolute atomic E-state index is 12.5. The Morgan fingerprint density at radius 3 is 2.52 bits per heavy atom. The second-order valence-electron chi connectivity index (χ2n) is 6.14. The first-order chi connectivity index (χ1) is 12.2. The number of ether oxygens (including phenoxy) is 1. The van der Waals surface area contributed by atoms with E-state index < -0.39 is 5.97 Å². The minimum absolute atomic E-state index is 0.332. The first-order valence-corrected chi connectivity index (χ1v) is 8.89. The summed E-state index contributed by atoms with van der Waals surface area (Å²) in [5.41, 5.74) is 9.35. The standard InChI is InChI=1S/C19H24N4O2/c1-3-5-8-11-23-17(20)15(19(24)25-12-4-2)16-18(23)22-14-10-7-6-9-13(14)21-16/h6-7,9-10H,3-5,8,11-12,20H2,1-2H3. The highest BCUT2D eigenvalue weighted by Gasteiger charge is 2.24. The van der Waals surface area contributed by atoms with Crippen LogP contribution in [0.1, 0.15) is 49.9 Å². The van der Waals surface area contributed by atoms with E-state index in [9.17, 15) is 4.79 Å². The molecule has 0 spiro atoms. The van der Waals surface area contributed by atoms with Gasteiger partial charge in [0, 0.05) is 6.54 Å². The molecular formula is C19H24N4O2. The minimum Gasteiger partial charge on any atom is -0.462 e. The maximum Gasteiger partial charge on any atom is 0.344 e. The summed E-state index contributed by atoms with van der Waals surface area (Å²) in [7, 11) is 0. The van der Waals surface area contributed by atoms with Gasteiger partial charge in [-0.05, 0) is 25.0 Å². The van der Waals surface area contributed by atoms with Gasteiger partial charge >= 0.3 is 5.97 Å². The van der Waals surface area contributed by atoms with Crippen molar-refractivity contribution < 1.29 is 9.53 Å². The van der Waals surface area contributed by atoms with Crippen LogP contribution >= 0.6 is 0 Å². The molecule has 0 unspecified atom stereocenters. The van der Waals surface area contributed by atoms with E-state index in [1.54, 1.807) is 0 Å². The number of rotatable bonds is 7.